The number of ether oxygens (including phenoxy) is 1. The quantitative estimate of drug-likeness (QED) is 0.622. The predicted molar refractivity (Wildman–Crippen MR) is 56.2 cm³/mol. The normalized spacial score (nSPS) is 9.15. The van der Waals surface area contributed by atoms with Crippen LogP contribution in [0.2, 0.25) is 0 Å². The average molecular weight is 307 g/mol. The summed E-state index contributed by atoms with van der Waals surface area (Å²) < 4.78 is 6.56. The van der Waals surface area contributed by atoms with Crippen LogP contribution in [-0.2, 0) is 4.79 Å². The minimum absolute atomic E-state index is 0.445. The molecule has 0 saturated heterocycles. The Kier molecular flexibility index (Phi) is 3.66. The second kappa shape index (κ2) is 4.56. The maximum Gasteiger partial charge on any atom is 0.240 e. The summed E-state index contributed by atoms with van der Waals surface area (Å²) in [6, 6.07) is 3.50. The van der Waals surface area contributed by atoms with E-state index in [1.807, 2.05) is 0 Å². The van der Waals surface area contributed by atoms with Crippen molar-refractivity contribution in [1.82, 2.24) is 0 Å². The van der Waals surface area contributed by atoms with Crippen LogP contribution in [0, 0.1) is 0 Å². The Bertz CT molecular complexity index is 373. The van der Waals surface area contributed by atoms with Gasteiger partial charge >= 0.3 is 0 Å². The second-order valence-electron chi connectivity index (χ2n) is 2.14. The molecule has 5 heteroatoms. The number of methoxy groups -OCH3 is 1. The van der Waals surface area contributed by atoms with Gasteiger partial charge in [-0.1, -0.05) is 15.9 Å². The van der Waals surface area contributed by atoms with Crippen molar-refractivity contribution in [2.75, 3.05) is 7.11 Å². The molecular formula is C8H5Br2NO2. The zero-order valence-corrected chi connectivity index (χ0v) is 9.85. The Labute approximate surface area is 92.1 Å². The first-order chi connectivity index (χ1) is 6.19. The minimum Gasteiger partial charge on any atom is -0.494 e. The fourth-order valence-corrected chi connectivity index (χ4v) is 2.13. The number of hydrogen-bond acceptors (Lipinski definition) is 3. The Balaban J connectivity index is 3.37. The van der Waals surface area contributed by atoms with E-state index >= 15 is 0 Å². The predicted octanol–water partition coefficient (Wildman–Crippen LogP) is 3.19. The molecule has 1 aromatic rings. The highest BCUT2D eigenvalue weighted by molar-refractivity contribution is 9.11. The minimum atomic E-state index is 0.445. The number of halogens is 2. The lowest BCUT2D eigenvalue weighted by molar-refractivity contribution is 0.415. The zero-order valence-electron chi connectivity index (χ0n) is 6.67. The molecule has 0 saturated carbocycles. The summed E-state index contributed by atoms with van der Waals surface area (Å²) in [5, 5.41) is 0. The number of benzene rings is 1. The van der Waals surface area contributed by atoms with Gasteiger partial charge in [-0.3, -0.25) is 0 Å². The molecule has 0 N–H and O–H groups in total. The first-order valence-electron chi connectivity index (χ1n) is 3.30. The van der Waals surface area contributed by atoms with Gasteiger partial charge in [0.1, 0.15) is 11.4 Å². The third kappa shape index (κ3) is 2.40. The average Bonchev–Trinajstić information content (AvgIpc) is 2.09. The van der Waals surface area contributed by atoms with Crippen molar-refractivity contribution in [3.63, 3.8) is 0 Å². The van der Waals surface area contributed by atoms with Crippen LogP contribution in [-0.4, -0.2) is 13.2 Å². The second-order valence-corrected chi connectivity index (χ2v) is 3.91. The lowest BCUT2D eigenvalue weighted by Gasteiger charge is -2.05. The molecule has 0 spiro atoms. The molecule has 0 bridgehead atoms. The summed E-state index contributed by atoms with van der Waals surface area (Å²) in [6.07, 6.45) is 1.47. The van der Waals surface area contributed by atoms with Gasteiger partial charge in [-0.25, -0.2) is 4.79 Å². The highest BCUT2D eigenvalue weighted by Crippen LogP contribution is 2.37. The number of carbonyl (C=O) groups excluding carboxylic acids is 1. The van der Waals surface area contributed by atoms with Crippen molar-refractivity contribution >= 4 is 43.6 Å². The van der Waals surface area contributed by atoms with Crippen LogP contribution in [0.15, 0.2) is 26.1 Å². The third-order valence-corrected chi connectivity index (χ3v) is 2.43. The van der Waals surface area contributed by atoms with Crippen molar-refractivity contribution in [3.8, 4) is 5.75 Å². The number of aliphatic imine (C=N–C) groups is 1. The summed E-state index contributed by atoms with van der Waals surface area (Å²) in [6.45, 7) is 0. The van der Waals surface area contributed by atoms with E-state index in [1.54, 1.807) is 12.1 Å². The molecule has 0 aliphatic carbocycles. The summed E-state index contributed by atoms with van der Waals surface area (Å²) in [7, 11) is 1.51. The highest BCUT2D eigenvalue weighted by Gasteiger charge is 2.07. The third-order valence-electron chi connectivity index (χ3n) is 1.37. The molecule has 13 heavy (non-hydrogen) atoms. The Morgan fingerprint density at radius 1 is 1.46 bits per heavy atom. The smallest absolute Gasteiger partial charge is 0.240 e. The number of hydrogen-bond donors (Lipinski definition) is 0. The van der Waals surface area contributed by atoms with Crippen LogP contribution in [0.25, 0.3) is 0 Å². The summed E-state index contributed by atoms with van der Waals surface area (Å²) >= 11 is 6.55. The molecular weight excluding hydrogens is 302 g/mol. The number of nitrogens with zero attached hydrogens (tertiary/aromatic N) is 1. The van der Waals surface area contributed by atoms with Crippen molar-refractivity contribution in [1.29, 1.82) is 0 Å². The van der Waals surface area contributed by atoms with E-state index in [-0.39, 0.29) is 0 Å². The molecule has 0 aliphatic rings. The number of isocyanates is 1. The van der Waals surface area contributed by atoms with Crippen molar-refractivity contribution < 1.29 is 9.53 Å². The van der Waals surface area contributed by atoms with Crippen molar-refractivity contribution in [2.45, 2.75) is 0 Å². The van der Waals surface area contributed by atoms with Crippen LogP contribution in [0.3, 0.4) is 0 Å². The van der Waals surface area contributed by atoms with Crippen LogP contribution in [0.1, 0.15) is 0 Å². The largest absolute Gasteiger partial charge is 0.494 e. The summed E-state index contributed by atoms with van der Waals surface area (Å²) in [4.78, 5) is 13.6. The van der Waals surface area contributed by atoms with E-state index in [9.17, 15) is 4.79 Å². The molecule has 1 rings (SSSR count). The Morgan fingerprint density at radius 3 is 2.69 bits per heavy atom. The van der Waals surface area contributed by atoms with Crippen LogP contribution in [0.5, 0.6) is 5.75 Å². The summed E-state index contributed by atoms with van der Waals surface area (Å²) in [5.41, 5.74) is 0.445. The summed E-state index contributed by atoms with van der Waals surface area (Å²) in [5.74, 6) is 0.518. The van der Waals surface area contributed by atoms with Gasteiger partial charge in [-0.15, -0.1) is 0 Å². The maximum absolute atomic E-state index is 10.1. The molecule has 1 aromatic carbocycles. The van der Waals surface area contributed by atoms with Gasteiger partial charge in [0, 0.05) is 8.95 Å². The molecule has 0 amide bonds. The van der Waals surface area contributed by atoms with Gasteiger partial charge in [0.05, 0.1) is 7.11 Å². The first kappa shape index (κ1) is 10.4. The van der Waals surface area contributed by atoms with E-state index in [4.69, 9.17) is 4.74 Å². The van der Waals surface area contributed by atoms with E-state index in [0.717, 1.165) is 4.47 Å². The molecule has 0 heterocycles. The number of rotatable bonds is 2. The standard InChI is InChI=1S/C8H5Br2NO2/c1-13-7-3-5(9)2-6(10)8(7)11-4-12/h2-3H,1H3. The monoisotopic (exact) mass is 305 g/mol. The van der Waals surface area contributed by atoms with Gasteiger partial charge in [0.2, 0.25) is 6.08 Å². The first-order valence-corrected chi connectivity index (χ1v) is 4.88. The van der Waals surface area contributed by atoms with Gasteiger partial charge < -0.3 is 4.74 Å². The Hall–Kier alpha value is -0.640. The molecule has 0 aromatic heterocycles. The topological polar surface area (TPSA) is 38.7 Å². The van der Waals surface area contributed by atoms with Crippen molar-refractivity contribution in [3.05, 3.63) is 21.1 Å². The van der Waals surface area contributed by atoms with Crippen LogP contribution in [0.4, 0.5) is 5.69 Å². The van der Waals surface area contributed by atoms with E-state index in [2.05, 4.69) is 36.9 Å². The fraction of sp³-hybridized carbons (Fsp3) is 0.125. The highest BCUT2D eigenvalue weighted by atomic mass is 79.9. The molecule has 0 aliphatic heterocycles. The lowest BCUT2D eigenvalue weighted by Crippen LogP contribution is -1.84. The van der Waals surface area contributed by atoms with E-state index < -0.39 is 0 Å². The molecule has 0 radical (unpaired) electrons. The molecule has 3 nitrogen and oxygen atoms in total. The van der Waals surface area contributed by atoms with Crippen LogP contribution < -0.4 is 4.74 Å². The maximum atomic E-state index is 10.1. The van der Waals surface area contributed by atoms with Gasteiger partial charge in [-0.2, -0.15) is 4.99 Å². The molecule has 0 unspecified atom stereocenters. The van der Waals surface area contributed by atoms with Crippen LogP contribution >= 0.6 is 31.9 Å². The molecule has 0 fully saturated rings. The molecule has 68 valence electrons. The molecule has 0 atom stereocenters. The van der Waals surface area contributed by atoms with Gasteiger partial charge in [0.15, 0.2) is 0 Å². The zero-order chi connectivity index (χ0) is 9.84. The Morgan fingerprint density at radius 2 is 2.15 bits per heavy atom. The van der Waals surface area contributed by atoms with E-state index in [0.29, 0.717) is 15.9 Å². The lowest BCUT2D eigenvalue weighted by atomic mass is 10.3. The SMILES string of the molecule is COc1cc(Br)cc(Br)c1N=C=O. The van der Waals surface area contributed by atoms with Crippen molar-refractivity contribution in [2.24, 2.45) is 4.99 Å². The van der Waals surface area contributed by atoms with Gasteiger partial charge in [0.25, 0.3) is 0 Å². The fourth-order valence-electron chi connectivity index (χ4n) is 0.852. The van der Waals surface area contributed by atoms with E-state index in [1.165, 1.54) is 13.2 Å². The van der Waals surface area contributed by atoms with Gasteiger partial charge in [-0.05, 0) is 28.1 Å².